The average molecular weight is 264 g/mol. The quantitative estimate of drug-likeness (QED) is 0.740. The molecule has 104 valence electrons. The lowest BCUT2D eigenvalue weighted by Gasteiger charge is -2.19. The fourth-order valence-electron chi connectivity index (χ4n) is 1.62. The number of imide groups is 1. The molecule has 3 N–H and O–H groups in total. The number of urea groups is 1. The Balaban J connectivity index is 2.48. The number of nitrogens with zero attached hydrogens (tertiary/aromatic N) is 1. The molecule has 0 aromatic carbocycles. The molecule has 1 aromatic rings. The van der Waals surface area contributed by atoms with Crippen molar-refractivity contribution in [1.29, 1.82) is 0 Å². The molecule has 6 heteroatoms. The molecule has 0 saturated heterocycles. The van der Waals surface area contributed by atoms with Gasteiger partial charge in [0.25, 0.3) is 0 Å². The highest BCUT2D eigenvalue weighted by Gasteiger charge is 2.17. The fourth-order valence-corrected chi connectivity index (χ4v) is 1.62. The Morgan fingerprint density at radius 3 is 2.47 bits per heavy atom. The Labute approximate surface area is 113 Å². The maximum atomic E-state index is 11.7. The Bertz CT molecular complexity index is 422. The molecule has 0 spiro atoms. The predicted octanol–water partition coefficient (Wildman–Crippen LogP) is 0.966. The van der Waals surface area contributed by atoms with Crippen molar-refractivity contribution in [2.24, 2.45) is 0 Å². The number of aromatic nitrogens is 1. The molecule has 1 aromatic heterocycles. The van der Waals surface area contributed by atoms with Crippen molar-refractivity contribution in [3.63, 3.8) is 0 Å². The molecule has 0 bridgehead atoms. The molecule has 2 atom stereocenters. The summed E-state index contributed by atoms with van der Waals surface area (Å²) in [6.07, 6.45) is 3.40. The predicted molar refractivity (Wildman–Crippen MR) is 72.5 cm³/mol. The summed E-state index contributed by atoms with van der Waals surface area (Å²) in [6.45, 7) is 5.93. The van der Waals surface area contributed by atoms with E-state index in [2.05, 4.69) is 20.9 Å². The van der Waals surface area contributed by atoms with Gasteiger partial charge >= 0.3 is 6.03 Å². The zero-order valence-corrected chi connectivity index (χ0v) is 11.4. The molecule has 6 nitrogen and oxygen atoms in total. The van der Waals surface area contributed by atoms with Crippen LogP contribution in [0, 0.1) is 0 Å². The second-order valence-electron chi connectivity index (χ2n) is 4.24. The van der Waals surface area contributed by atoms with Gasteiger partial charge in [-0.1, -0.05) is 0 Å². The Morgan fingerprint density at radius 2 is 1.89 bits per heavy atom. The van der Waals surface area contributed by atoms with Gasteiger partial charge in [-0.15, -0.1) is 0 Å². The standard InChI is InChI=1S/C13H20N4O2/c1-4-15-13(19)17-12(18)10(3)16-9(2)11-5-7-14-8-6-11/h5-10,16H,4H2,1-3H3,(H2,15,17,18,19)/t9-,10?/m1/s1. The van der Waals surface area contributed by atoms with E-state index < -0.39 is 12.1 Å². The molecule has 0 radical (unpaired) electrons. The molecular formula is C13H20N4O2. The molecule has 1 unspecified atom stereocenters. The van der Waals surface area contributed by atoms with Gasteiger partial charge in [0.2, 0.25) is 5.91 Å². The monoisotopic (exact) mass is 264 g/mol. The SMILES string of the molecule is CCNC(=O)NC(=O)C(C)N[C@H](C)c1ccncc1. The van der Waals surface area contributed by atoms with Crippen LogP contribution in [0.5, 0.6) is 0 Å². The van der Waals surface area contributed by atoms with E-state index in [1.807, 2.05) is 19.1 Å². The summed E-state index contributed by atoms with van der Waals surface area (Å²) in [6, 6.07) is 2.82. The first-order valence-corrected chi connectivity index (χ1v) is 6.29. The molecule has 3 amide bonds. The summed E-state index contributed by atoms with van der Waals surface area (Å²) in [5.41, 5.74) is 1.03. The van der Waals surface area contributed by atoms with Crippen molar-refractivity contribution in [2.45, 2.75) is 32.9 Å². The van der Waals surface area contributed by atoms with E-state index in [0.29, 0.717) is 6.54 Å². The summed E-state index contributed by atoms with van der Waals surface area (Å²) in [5.74, 6) is -0.355. The van der Waals surface area contributed by atoms with E-state index >= 15 is 0 Å². The van der Waals surface area contributed by atoms with Crippen LogP contribution in [0.15, 0.2) is 24.5 Å². The molecule has 19 heavy (non-hydrogen) atoms. The maximum absolute atomic E-state index is 11.7. The van der Waals surface area contributed by atoms with E-state index in [4.69, 9.17) is 0 Å². The first kappa shape index (κ1) is 15.1. The van der Waals surface area contributed by atoms with Crippen LogP contribution < -0.4 is 16.0 Å². The molecule has 0 fully saturated rings. The first-order valence-electron chi connectivity index (χ1n) is 6.29. The molecule has 0 saturated carbocycles. The van der Waals surface area contributed by atoms with Crippen LogP contribution in [-0.4, -0.2) is 29.5 Å². The summed E-state index contributed by atoms with van der Waals surface area (Å²) >= 11 is 0. The van der Waals surface area contributed by atoms with E-state index in [1.54, 1.807) is 26.2 Å². The Hall–Kier alpha value is -1.95. The summed E-state index contributed by atoms with van der Waals surface area (Å²) in [4.78, 5) is 26.9. The molecule has 0 aliphatic rings. The van der Waals surface area contributed by atoms with Gasteiger partial charge < -0.3 is 5.32 Å². The first-order chi connectivity index (χ1) is 9.04. The largest absolute Gasteiger partial charge is 0.338 e. The molecular weight excluding hydrogens is 244 g/mol. The van der Waals surface area contributed by atoms with Crippen molar-refractivity contribution >= 4 is 11.9 Å². The third-order valence-corrected chi connectivity index (χ3v) is 2.67. The van der Waals surface area contributed by atoms with Crippen molar-refractivity contribution < 1.29 is 9.59 Å². The Kier molecular flexibility index (Phi) is 5.95. The van der Waals surface area contributed by atoms with Crippen molar-refractivity contribution in [3.8, 4) is 0 Å². The van der Waals surface area contributed by atoms with E-state index in [9.17, 15) is 9.59 Å². The van der Waals surface area contributed by atoms with Crippen LogP contribution in [0.1, 0.15) is 32.4 Å². The Morgan fingerprint density at radius 1 is 1.26 bits per heavy atom. The van der Waals surface area contributed by atoms with E-state index in [-0.39, 0.29) is 11.9 Å². The molecule has 0 aliphatic heterocycles. The van der Waals surface area contributed by atoms with Crippen molar-refractivity contribution in [1.82, 2.24) is 20.9 Å². The zero-order valence-electron chi connectivity index (χ0n) is 11.4. The third-order valence-electron chi connectivity index (χ3n) is 2.67. The van der Waals surface area contributed by atoms with Crippen LogP contribution in [-0.2, 0) is 4.79 Å². The van der Waals surface area contributed by atoms with E-state index in [0.717, 1.165) is 5.56 Å². The number of carbonyl (C=O) groups is 2. The summed E-state index contributed by atoms with van der Waals surface area (Å²) in [7, 11) is 0. The number of hydrogen-bond acceptors (Lipinski definition) is 4. The third kappa shape index (κ3) is 5.05. The lowest BCUT2D eigenvalue weighted by atomic mass is 10.1. The maximum Gasteiger partial charge on any atom is 0.321 e. The van der Waals surface area contributed by atoms with Crippen molar-refractivity contribution in [2.75, 3.05) is 6.54 Å². The molecule has 1 rings (SSSR count). The minimum absolute atomic E-state index is 0.00186. The number of nitrogens with one attached hydrogen (secondary N) is 3. The number of carbonyl (C=O) groups excluding carboxylic acids is 2. The molecule has 0 aliphatic carbocycles. The second-order valence-corrected chi connectivity index (χ2v) is 4.24. The second kappa shape index (κ2) is 7.48. The van der Waals surface area contributed by atoms with Crippen LogP contribution in [0.25, 0.3) is 0 Å². The zero-order chi connectivity index (χ0) is 14.3. The highest BCUT2D eigenvalue weighted by Crippen LogP contribution is 2.10. The lowest BCUT2D eigenvalue weighted by Crippen LogP contribution is -2.48. The van der Waals surface area contributed by atoms with Gasteiger partial charge in [0.1, 0.15) is 0 Å². The number of hydrogen-bond donors (Lipinski definition) is 3. The fraction of sp³-hybridized carbons (Fsp3) is 0.462. The topological polar surface area (TPSA) is 83.1 Å². The van der Waals surface area contributed by atoms with Crippen LogP contribution in [0.3, 0.4) is 0 Å². The smallest absolute Gasteiger partial charge is 0.321 e. The number of pyridine rings is 1. The van der Waals surface area contributed by atoms with Gasteiger partial charge in [-0.25, -0.2) is 4.79 Å². The van der Waals surface area contributed by atoms with Gasteiger partial charge in [0, 0.05) is 25.0 Å². The highest BCUT2D eigenvalue weighted by molar-refractivity contribution is 5.96. The van der Waals surface area contributed by atoms with Gasteiger partial charge in [0.05, 0.1) is 6.04 Å². The van der Waals surface area contributed by atoms with Gasteiger partial charge in [-0.3, -0.25) is 20.4 Å². The van der Waals surface area contributed by atoms with Gasteiger partial charge in [-0.2, -0.15) is 0 Å². The lowest BCUT2D eigenvalue weighted by molar-refractivity contribution is -0.121. The minimum atomic E-state index is -0.474. The van der Waals surface area contributed by atoms with Crippen LogP contribution in [0.4, 0.5) is 4.79 Å². The number of amides is 3. The average Bonchev–Trinajstić information content (AvgIpc) is 2.39. The highest BCUT2D eigenvalue weighted by atomic mass is 16.2. The van der Waals surface area contributed by atoms with Gasteiger partial charge in [-0.05, 0) is 38.5 Å². The minimum Gasteiger partial charge on any atom is -0.338 e. The van der Waals surface area contributed by atoms with E-state index in [1.165, 1.54) is 0 Å². The van der Waals surface area contributed by atoms with Crippen molar-refractivity contribution in [3.05, 3.63) is 30.1 Å². The van der Waals surface area contributed by atoms with Crippen LogP contribution >= 0.6 is 0 Å². The summed E-state index contributed by atoms with van der Waals surface area (Å²) < 4.78 is 0. The normalized spacial score (nSPS) is 13.4. The van der Waals surface area contributed by atoms with Gasteiger partial charge in [0.15, 0.2) is 0 Å². The molecule has 1 heterocycles. The number of rotatable bonds is 5. The summed E-state index contributed by atoms with van der Waals surface area (Å²) in [5, 5.41) is 7.91. The van der Waals surface area contributed by atoms with Crippen LogP contribution in [0.2, 0.25) is 0 Å².